The van der Waals surface area contributed by atoms with Crippen LogP contribution in [0.5, 0.6) is 0 Å². The van der Waals surface area contributed by atoms with E-state index in [0.717, 1.165) is 13.2 Å². The molecule has 0 radical (unpaired) electrons. The molecule has 0 spiro atoms. The van der Waals surface area contributed by atoms with Crippen molar-refractivity contribution in [1.29, 1.82) is 0 Å². The maximum Gasteiger partial charge on any atom is 0.0662 e. The van der Waals surface area contributed by atoms with E-state index in [0.29, 0.717) is 6.04 Å². The first-order valence-corrected chi connectivity index (χ1v) is 6.32. The van der Waals surface area contributed by atoms with Gasteiger partial charge in [0.05, 0.1) is 19.3 Å². The zero-order chi connectivity index (χ0) is 12.6. The molecule has 1 atom stereocenters. The van der Waals surface area contributed by atoms with E-state index < -0.39 is 0 Å². The van der Waals surface area contributed by atoms with Gasteiger partial charge >= 0.3 is 0 Å². The van der Waals surface area contributed by atoms with Crippen molar-refractivity contribution in [2.75, 3.05) is 13.2 Å². The number of aryl methyl sites for hydroxylation is 3. The van der Waals surface area contributed by atoms with Gasteiger partial charge in [-0.1, -0.05) is 12.1 Å². The molecule has 0 aliphatic carbocycles. The molecule has 2 rings (SSSR count). The van der Waals surface area contributed by atoms with Gasteiger partial charge in [-0.25, -0.2) is 0 Å². The average molecular weight is 233 g/mol. The van der Waals surface area contributed by atoms with Gasteiger partial charge in [-0.05, 0) is 56.9 Å². The van der Waals surface area contributed by atoms with E-state index in [2.05, 4.69) is 52.1 Å². The van der Waals surface area contributed by atoms with Crippen LogP contribution in [0, 0.1) is 20.8 Å². The fraction of sp³-hybridized carbons (Fsp3) is 0.600. The molecule has 0 bridgehead atoms. The summed E-state index contributed by atoms with van der Waals surface area (Å²) in [6.07, 6.45) is 0. The summed E-state index contributed by atoms with van der Waals surface area (Å²) in [4.78, 5) is 0. The largest absolute Gasteiger partial charge is 0.378 e. The van der Waals surface area contributed by atoms with Crippen LogP contribution in [0.15, 0.2) is 12.1 Å². The molecule has 1 aromatic carbocycles. The highest BCUT2D eigenvalue weighted by molar-refractivity contribution is 5.38. The Bertz CT molecular complexity index is 423. The molecule has 2 nitrogen and oxygen atoms in total. The van der Waals surface area contributed by atoms with Crippen LogP contribution < -0.4 is 5.32 Å². The average Bonchev–Trinajstić information content (AvgIpc) is 2.22. The Hall–Kier alpha value is -0.860. The van der Waals surface area contributed by atoms with Crippen molar-refractivity contribution in [1.82, 2.24) is 5.32 Å². The molecular weight excluding hydrogens is 210 g/mol. The van der Waals surface area contributed by atoms with Crippen LogP contribution in [-0.4, -0.2) is 18.8 Å². The molecule has 1 N–H and O–H groups in total. The van der Waals surface area contributed by atoms with Crippen molar-refractivity contribution < 1.29 is 4.74 Å². The van der Waals surface area contributed by atoms with Gasteiger partial charge in [0.25, 0.3) is 0 Å². The molecule has 2 heteroatoms. The number of hydrogen-bond acceptors (Lipinski definition) is 2. The zero-order valence-electron chi connectivity index (χ0n) is 11.6. The van der Waals surface area contributed by atoms with Crippen LogP contribution in [-0.2, 0) is 4.74 Å². The van der Waals surface area contributed by atoms with Gasteiger partial charge < -0.3 is 10.1 Å². The minimum absolute atomic E-state index is 0.0636. The van der Waals surface area contributed by atoms with Crippen LogP contribution >= 0.6 is 0 Å². The van der Waals surface area contributed by atoms with Crippen LogP contribution in [0.25, 0.3) is 0 Å². The van der Waals surface area contributed by atoms with Crippen LogP contribution in [0.4, 0.5) is 0 Å². The molecule has 1 aliphatic heterocycles. The first-order chi connectivity index (χ1) is 7.89. The van der Waals surface area contributed by atoms with E-state index >= 15 is 0 Å². The van der Waals surface area contributed by atoms with E-state index in [1.807, 2.05) is 0 Å². The molecule has 1 fully saturated rings. The SMILES string of the molecule is Cc1cc(C)c(C2COCC(C)(C)N2)cc1C. The summed E-state index contributed by atoms with van der Waals surface area (Å²) in [5.41, 5.74) is 5.51. The van der Waals surface area contributed by atoms with Gasteiger partial charge in [-0.3, -0.25) is 0 Å². The minimum Gasteiger partial charge on any atom is -0.378 e. The van der Waals surface area contributed by atoms with Gasteiger partial charge in [0.1, 0.15) is 0 Å². The van der Waals surface area contributed by atoms with E-state index in [1.165, 1.54) is 22.3 Å². The first-order valence-electron chi connectivity index (χ1n) is 6.32. The quantitative estimate of drug-likeness (QED) is 0.805. The second-order valence-electron chi connectivity index (χ2n) is 5.89. The third-order valence-electron chi connectivity index (χ3n) is 3.57. The molecule has 17 heavy (non-hydrogen) atoms. The lowest BCUT2D eigenvalue weighted by Crippen LogP contribution is -2.51. The lowest BCUT2D eigenvalue weighted by Gasteiger charge is -2.38. The zero-order valence-corrected chi connectivity index (χ0v) is 11.6. The number of morpholine rings is 1. The van der Waals surface area contributed by atoms with Gasteiger partial charge in [0.15, 0.2) is 0 Å². The van der Waals surface area contributed by atoms with Crippen molar-refractivity contribution in [3.63, 3.8) is 0 Å². The summed E-state index contributed by atoms with van der Waals surface area (Å²) in [7, 11) is 0. The second-order valence-corrected chi connectivity index (χ2v) is 5.89. The number of rotatable bonds is 1. The van der Waals surface area contributed by atoms with Gasteiger partial charge in [0.2, 0.25) is 0 Å². The predicted octanol–water partition coefficient (Wildman–Crippen LogP) is 3.05. The summed E-state index contributed by atoms with van der Waals surface area (Å²) < 4.78 is 5.71. The van der Waals surface area contributed by atoms with Crippen molar-refractivity contribution in [3.8, 4) is 0 Å². The van der Waals surface area contributed by atoms with E-state index in [9.17, 15) is 0 Å². The Kier molecular flexibility index (Phi) is 3.28. The summed E-state index contributed by atoms with van der Waals surface area (Å²) in [5.74, 6) is 0. The number of benzene rings is 1. The van der Waals surface area contributed by atoms with Crippen molar-refractivity contribution in [3.05, 3.63) is 34.4 Å². The molecular formula is C15H23NO. The lowest BCUT2D eigenvalue weighted by atomic mass is 9.93. The summed E-state index contributed by atoms with van der Waals surface area (Å²) in [5, 5.41) is 3.67. The van der Waals surface area contributed by atoms with Crippen LogP contribution in [0.3, 0.4) is 0 Å². The first kappa shape index (κ1) is 12.6. The van der Waals surface area contributed by atoms with E-state index in [4.69, 9.17) is 4.74 Å². The van der Waals surface area contributed by atoms with Crippen molar-refractivity contribution in [2.24, 2.45) is 0 Å². The predicted molar refractivity (Wildman–Crippen MR) is 71.4 cm³/mol. The highest BCUT2D eigenvalue weighted by atomic mass is 16.5. The monoisotopic (exact) mass is 233 g/mol. The fourth-order valence-electron chi connectivity index (χ4n) is 2.51. The highest BCUT2D eigenvalue weighted by Crippen LogP contribution is 2.26. The molecule has 1 heterocycles. The number of hydrogen-bond donors (Lipinski definition) is 1. The molecule has 1 aromatic rings. The number of ether oxygens (including phenoxy) is 1. The molecule has 0 amide bonds. The Morgan fingerprint density at radius 2 is 1.76 bits per heavy atom. The van der Waals surface area contributed by atoms with Gasteiger partial charge in [-0.2, -0.15) is 0 Å². The highest BCUT2D eigenvalue weighted by Gasteiger charge is 2.29. The maximum absolute atomic E-state index is 5.71. The Balaban J connectivity index is 2.31. The molecule has 1 aliphatic rings. The molecule has 1 unspecified atom stereocenters. The van der Waals surface area contributed by atoms with Crippen molar-refractivity contribution in [2.45, 2.75) is 46.2 Å². The normalized spacial score (nSPS) is 23.7. The van der Waals surface area contributed by atoms with E-state index in [-0.39, 0.29) is 5.54 Å². The van der Waals surface area contributed by atoms with Gasteiger partial charge in [-0.15, -0.1) is 0 Å². The summed E-state index contributed by atoms with van der Waals surface area (Å²) >= 11 is 0. The molecule has 1 saturated heterocycles. The Morgan fingerprint density at radius 3 is 2.41 bits per heavy atom. The van der Waals surface area contributed by atoms with Gasteiger partial charge in [0, 0.05) is 5.54 Å². The minimum atomic E-state index is 0.0636. The second kappa shape index (κ2) is 4.43. The molecule has 94 valence electrons. The fourth-order valence-corrected chi connectivity index (χ4v) is 2.51. The molecule has 0 aromatic heterocycles. The molecule has 0 saturated carbocycles. The maximum atomic E-state index is 5.71. The third kappa shape index (κ3) is 2.70. The van der Waals surface area contributed by atoms with Crippen LogP contribution in [0.2, 0.25) is 0 Å². The van der Waals surface area contributed by atoms with E-state index in [1.54, 1.807) is 0 Å². The summed E-state index contributed by atoms with van der Waals surface area (Å²) in [6.45, 7) is 12.5. The Labute approximate surface area is 104 Å². The summed E-state index contributed by atoms with van der Waals surface area (Å²) in [6, 6.07) is 4.89. The Morgan fingerprint density at radius 1 is 1.12 bits per heavy atom. The third-order valence-corrected chi connectivity index (χ3v) is 3.57. The van der Waals surface area contributed by atoms with Crippen molar-refractivity contribution >= 4 is 0 Å². The smallest absolute Gasteiger partial charge is 0.0662 e. The van der Waals surface area contributed by atoms with Crippen LogP contribution in [0.1, 0.15) is 42.1 Å². The topological polar surface area (TPSA) is 21.3 Å². The number of nitrogens with one attached hydrogen (secondary N) is 1. The standard InChI is InChI=1S/C15H23NO/c1-10-6-12(3)13(7-11(10)2)14-8-17-9-15(4,5)16-14/h6-7,14,16H,8-9H2,1-5H3. The lowest BCUT2D eigenvalue weighted by molar-refractivity contribution is 0.0126.